The van der Waals surface area contributed by atoms with Gasteiger partial charge in [-0.1, -0.05) is 24.3 Å². The van der Waals surface area contributed by atoms with Crippen molar-refractivity contribution in [3.8, 4) is 5.75 Å². The Hall–Kier alpha value is -2.18. The second-order valence-corrected chi connectivity index (χ2v) is 7.46. The van der Waals surface area contributed by atoms with E-state index in [1.807, 2.05) is 24.3 Å². The minimum Gasteiger partial charge on any atom is -0.489 e. The van der Waals surface area contributed by atoms with Gasteiger partial charge in [0, 0.05) is 26.2 Å². The molecule has 1 fully saturated rings. The molecule has 0 saturated carbocycles. The average Bonchev–Trinajstić information content (AvgIpc) is 3.09. The first kappa shape index (κ1) is 17.2. The molecule has 4 rings (SSSR count). The van der Waals surface area contributed by atoms with Crippen molar-refractivity contribution in [1.82, 2.24) is 9.88 Å². The van der Waals surface area contributed by atoms with Crippen molar-refractivity contribution in [2.45, 2.75) is 6.54 Å². The number of nitrogens with zero attached hydrogens (tertiary/aromatic N) is 3. The molecule has 0 radical (unpaired) electrons. The molecule has 136 valence electrons. The van der Waals surface area contributed by atoms with Gasteiger partial charge in [-0.2, -0.15) is 0 Å². The van der Waals surface area contributed by atoms with Gasteiger partial charge in [-0.25, -0.2) is 9.37 Å². The Labute approximate surface area is 156 Å². The van der Waals surface area contributed by atoms with Gasteiger partial charge in [-0.15, -0.1) is 11.3 Å². The smallest absolute Gasteiger partial charge is 0.142 e. The van der Waals surface area contributed by atoms with Crippen LogP contribution in [0.1, 0.15) is 5.01 Å². The van der Waals surface area contributed by atoms with Crippen LogP contribution in [0.4, 0.5) is 10.1 Å². The van der Waals surface area contributed by atoms with E-state index in [0.29, 0.717) is 0 Å². The fourth-order valence-corrected chi connectivity index (χ4v) is 4.32. The lowest BCUT2D eigenvalue weighted by atomic mass is 10.2. The summed E-state index contributed by atoms with van der Waals surface area (Å²) in [6.45, 7) is 4.36. The Kier molecular flexibility index (Phi) is 5.32. The maximum absolute atomic E-state index is 12.4. The molecular weight excluding hydrogens is 349 g/mol. The van der Waals surface area contributed by atoms with E-state index < -0.39 is 6.67 Å². The van der Waals surface area contributed by atoms with Crippen LogP contribution in [0.2, 0.25) is 0 Å². The molecule has 1 aromatic heterocycles. The molecule has 0 spiro atoms. The predicted octanol–water partition coefficient (Wildman–Crippen LogP) is 3.97. The quantitative estimate of drug-likeness (QED) is 0.656. The van der Waals surface area contributed by atoms with Crippen LogP contribution in [0.25, 0.3) is 10.2 Å². The van der Waals surface area contributed by atoms with E-state index in [0.717, 1.165) is 49.7 Å². The average molecular weight is 371 g/mol. The molecule has 4 nitrogen and oxygen atoms in total. The zero-order valence-corrected chi connectivity index (χ0v) is 15.4. The van der Waals surface area contributed by atoms with E-state index >= 15 is 0 Å². The van der Waals surface area contributed by atoms with Gasteiger partial charge in [0.1, 0.15) is 24.0 Å². The standard InChI is InChI=1S/C20H22FN3OS/c21-9-14-25-18-7-3-2-6-17(18)24-12-10-23(11-13-24)15-20-22-16-5-1-4-8-19(16)26-20/h1-8H,9-15H2. The molecule has 1 aliphatic rings. The van der Waals surface area contributed by atoms with Crippen molar-refractivity contribution in [1.29, 1.82) is 0 Å². The van der Waals surface area contributed by atoms with E-state index in [1.54, 1.807) is 11.3 Å². The number of thiazole rings is 1. The fraction of sp³-hybridized carbons (Fsp3) is 0.350. The van der Waals surface area contributed by atoms with E-state index in [4.69, 9.17) is 9.72 Å². The van der Waals surface area contributed by atoms with Crippen molar-refractivity contribution >= 4 is 27.2 Å². The highest BCUT2D eigenvalue weighted by Gasteiger charge is 2.20. The normalized spacial score (nSPS) is 15.5. The second kappa shape index (κ2) is 8.01. The summed E-state index contributed by atoms with van der Waals surface area (Å²) in [5.41, 5.74) is 2.14. The van der Waals surface area contributed by atoms with Crippen LogP contribution >= 0.6 is 11.3 Å². The summed E-state index contributed by atoms with van der Waals surface area (Å²) < 4.78 is 19.2. The highest BCUT2D eigenvalue weighted by atomic mass is 32.1. The Morgan fingerprint density at radius 3 is 2.58 bits per heavy atom. The largest absolute Gasteiger partial charge is 0.489 e. The van der Waals surface area contributed by atoms with Crippen molar-refractivity contribution in [3.63, 3.8) is 0 Å². The summed E-state index contributed by atoms with van der Waals surface area (Å²) in [7, 11) is 0. The molecule has 3 aromatic rings. The van der Waals surface area contributed by atoms with Gasteiger partial charge in [0.25, 0.3) is 0 Å². The van der Waals surface area contributed by atoms with Crippen molar-refractivity contribution < 1.29 is 9.13 Å². The number of para-hydroxylation sites is 3. The first-order valence-corrected chi connectivity index (χ1v) is 9.75. The molecule has 2 aromatic carbocycles. The summed E-state index contributed by atoms with van der Waals surface area (Å²) in [5, 5.41) is 1.17. The van der Waals surface area contributed by atoms with Gasteiger partial charge in [0.2, 0.25) is 0 Å². The van der Waals surface area contributed by atoms with Crippen LogP contribution in [-0.2, 0) is 6.54 Å². The molecule has 0 atom stereocenters. The summed E-state index contributed by atoms with van der Waals surface area (Å²) in [6.07, 6.45) is 0. The topological polar surface area (TPSA) is 28.6 Å². The Balaban J connectivity index is 1.38. The lowest BCUT2D eigenvalue weighted by Gasteiger charge is -2.36. The number of alkyl halides is 1. The highest BCUT2D eigenvalue weighted by Crippen LogP contribution is 2.29. The molecule has 2 heterocycles. The Morgan fingerprint density at radius 1 is 1.00 bits per heavy atom. The number of benzene rings is 2. The molecule has 1 saturated heterocycles. The van der Waals surface area contributed by atoms with E-state index in [9.17, 15) is 4.39 Å². The third-order valence-electron chi connectivity index (χ3n) is 4.61. The van der Waals surface area contributed by atoms with E-state index in [-0.39, 0.29) is 6.61 Å². The molecule has 0 amide bonds. The summed E-state index contributed by atoms with van der Waals surface area (Å²) >= 11 is 1.78. The zero-order chi connectivity index (χ0) is 17.8. The van der Waals surface area contributed by atoms with Gasteiger partial charge in [-0.3, -0.25) is 4.90 Å². The van der Waals surface area contributed by atoms with Crippen LogP contribution in [0.5, 0.6) is 5.75 Å². The molecular formula is C20H22FN3OS. The lowest BCUT2D eigenvalue weighted by Crippen LogP contribution is -2.46. The molecule has 6 heteroatoms. The fourth-order valence-electron chi connectivity index (χ4n) is 3.31. The molecule has 0 unspecified atom stereocenters. The zero-order valence-electron chi connectivity index (χ0n) is 14.6. The SMILES string of the molecule is FCCOc1ccccc1N1CCN(Cc2nc3ccccc3s2)CC1. The van der Waals surface area contributed by atoms with Crippen molar-refractivity contribution in [3.05, 3.63) is 53.5 Å². The lowest BCUT2D eigenvalue weighted by molar-refractivity contribution is 0.246. The number of hydrogen-bond donors (Lipinski definition) is 0. The van der Waals surface area contributed by atoms with Gasteiger partial charge in [0.05, 0.1) is 22.4 Å². The van der Waals surface area contributed by atoms with Crippen molar-refractivity contribution in [2.24, 2.45) is 0 Å². The third kappa shape index (κ3) is 3.81. The third-order valence-corrected chi connectivity index (χ3v) is 5.63. The number of anilines is 1. The van der Waals surface area contributed by atoms with Crippen LogP contribution in [0, 0.1) is 0 Å². The van der Waals surface area contributed by atoms with Gasteiger partial charge < -0.3 is 9.64 Å². The molecule has 0 aliphatic carbocycles. The summed E-state index contributed by atoms with van der Waals surface area (Å²) in [5.74, 6) is 0.768. The predicted molar refractivity (Wildman–Crippen MR) is 105 cm³/mol. The first-order chi connectivity index (χ1) is 12.8. The maximum Gasteiger partial charge on any atom is 0.142 e. The van der Waals surface area contributed by atoms with Crippen LogP contribution in [0.3, 0.4) is 0 Å². The maximum atomic E-state index is 12.4. The van der Waals surface area contributed by atoms with E-state index in [2.05, 4.69) is 34.1 Å². The summed E-state index contributed by atoms with van der Waals surface area (Å²) in [4.78, 5) is 9.51. The molecule has 0 bridgehead atoms. The number of halogens is 1. The van der Waals surface area contributed by atoms with E-state index in [1.165, 1.54) is 9.71 Å². The monoisotopic (exact) mass is 371 g/mol. The molecule has 0 N–H and O–H groups in total. The number of aromatic nitrogens is 1. The van der Waals surface area contributed by atoms with Crippen LogP contribution in [-0.4, -0.2) is 49.3 Å². The number of piperazine rings is 1. The summed E-state index contributed by atoms with van der Waals surface area (Å²) in [6, 6.07) is 16.2. The van der Waals surface area contributed by atoms with Crippen LogP contribution in [0.15, 0.2) is 48.5 Å². The Morgan fingerprint density at radius 2 is 1.77 bits per heavy atom. The first-order valence-electron chi connectivity index (χ1n) is 8.93. The Bertz CT molecular complexity index is 828. The highest BCUT2D eigenvalue weighted by molar-refractivity contribution is 7.18. The molecule has 1 aliphatic heterocycles. The van der Waals surface area contributed by atoms with Crippen LogP contribution < -0.4 is 9.64 Å². The number of ether oxygens (including phenoxy) is 1. The number of fused-ring (bicyclic) bond motifs is 1. The number of rotatable bonds is 6. The van der Waals surface area contributed by atoms with Gasteiger partial charge >= 0.3 is 0 Å². The minimum absolute atomic E-state index is 0.106. The minimum atomic E-state index is -0.468. The van der Waals surface area contributed by atoms with Crippen molar-refractivity contribution in [2.75, 3.05) is 44.4 Å². The van der Waals surface area contributed by atoms with Gasteiger partial charge in [0.15, 0.2) is 0 Å². The van der Waals surface area contributed by atoms with Gasteiger partial charge in [-0.05, 0) is 24.3 Å². The number of hydrogen-bond acceptors (Lipinski definition) is 5. The second-order valence-electron chi connectivity index (χ2n) is 6.34. The molecule has 26 heavy (non-hydrogen) atoms.